The van der Waals surface area contributed by atoms with E-state index in [9.17, 15) is 4.79 Å². The van der Waals surface area contributed by atoms with Gasteiger partial charge < -0.3 is 20.1 Å². The minimum Gasteiger partial charge on any atom is -0.495 e. The van der Waals surface area contributed by atoms with Crippen LogP contribution in [0.5, 0.6) is 5.75 Å². The highest BCUT2D eigenvalue weighted by molar-refractivity contribution is 6.31. The van der Waals surface area contributed by atoms with E-state index in [2.05, 4.69) is 15.6 Å². The van der Waals surface area contributed by atoms with Gasteiger partial charge in [-0.1, -0.05) is 11.6 Å². The fourth-order valence-corrected chi connectivity index (χ4v) is 2.25. The molecule has 0 aliphatic carbocycles. The number of amides is 1. The molecule has 0 radical (unpaired) electrons. The van der Waals surface area contributed by atoms with Gasteiger partial charge in [0.25, 0.3) is 5.91 Å². The van der Waals surface area contributed by atoms with Gasteiger partial charge in [0.15, 0.2) is 0 Å². The predicted molar refractivity (Wildman–Crippen MR) is 95.2 cm³/mol. The fourth-order valence-electron chi connectivity index (χ4n) is 2.08. The molecule has 0 fully saturated rings. The van der Waals surface area contributed by atoms with Crippen LogP contribution in [0.3, 0.4) is 0 Å². The fraction of sp³-hybridized carbons (Fsp3) is 0.294. The number of pyridine rings is 1. The van der Waals surface area contributed by atoms with Crippen LogP contribution in [0.1, 0.15) is 16.9 Å². The molecule has 0 atom stereocenters. The van der Waals surface area contributed by atoms with E-state index in [1.165, 1.54) is 7.11 Å². The second-order valence-corrected chi connectivity index (χ2v) is 5.44. The highest BCUT2D eigenvalue weighted by Gasteiger charge is 2.12. The van der Waals surface area contributed by atoms with Gasteiger partial charge in [-0.2, -0.15) is 0 Å². The lowest BCUT2D eigenvalue weighted by Gasteiger charge is -2.11. The third kappa shape index (κ3) is 5.11. The second-order valence-electron chi connectivity index (χ2n) is 5.00. The van der Waals surface area contributed by atoms with Crippen LogP contribution in [-0.2, 0) is 4.74 Å². The Hall–Kier alpha value is -2.31. The summed E-state index contributed by atoms with van der Waals surface area (Å²) in [5, 5.41) is 6.50. The lowest BCUT2D eigenvalue weighted by atomic mass is 10.2. The molecule has 0 aliphatic heterocycles. The topological polar surface area (TPSA) is 72.5 Å². The molecule has 1 aromatic heterocycles. The normalized spacial score (nSPS) is 10.3. The van der Waals surface area contributed by atoms with Crippen LogP contribution in [-0.4, -0.2) is 38.3 Å². The molecule has 0 spiro atoms. The van der Waals surface area contributed by atoms with E-state index < -0.39 is 0 Å². The maximum absolute atomic E-state index is 12.4. The van der Waals surface area contributed by atoms with Crippen molar-refractivity contribution in [2.45, 2.75) is 6.42 Å². The first-order valence-corrected chi connectivity index (χ1v) is 7.85. The molecular weight excluding hydrogens is 330 g/mol. The summed E-state index contributed by atoms with van der Waals surface area (Å²) in [5.74, 6) is 0.192. The van der Waals surface area contributed by atoms with Crippen molar-refractivity contribution < 1.29 is 14.3 Å². The number of carbonyl (C=O) groups is 1. The van der Waals surface area contributed by atoms with Crippen molar-refractivity contribution in [1.82, 2.24) is 4.98 Å². The van der Waals surface area contributed by atoms with Crippen molar-refractivity contribution in [3.8, 4) is 5.75 Å². The van der Waals surface area contributed by atoms with Gasteiger partial charge >= 0.3 is 0 Å². The Balaban J connectivity index is 2.06. The van der Waals surface area contributed by atoms with E-state index in [4.69, 9.17) is 21.1 Å². The van der Waals surface area contributed by atoms with Gasteiger partial charge in [0, 0.05) is 37.2 Å². The largest absolute Gasteiger partial charge is 0.495 e. The van der Waals surface area contributed by atoms with E-state index >= 15 is 0 Å². The van der Waals surface area contributed by atoms with Crippen molar-refractivity contribution >= 4 is 28.9 Å². The molecule has 6 nitrogen and oxygen atoms in total. The van der Waals surface area contributed by atoms with Crippen molar-refractivity contribution in [3.63, 3.8) is 0 Å². The van der Waals surface area contributed by atoms with Crippen LogP contribution in [0.2, 0.25) is 5.02 Å². The van der Waals surface area contributed by atoms with Crippen LogP contribution in [0.4, 0.5) is 11.4 Å². The zero-order valence-electron chi connectivity index (χ0n) is 13.6. The van der Waals surface area contributed by atoms with Crippen LogP contribution < -0.4 is 15.4 Å². The van der Waals surface area contributed by atoms with Crippen molar-refractivity contribution in [2.75, 3.05) is 38.0 Å². The van der Waals surface area contributed by atoms with E-state index in [0.29, 0.717) is 28.8 Å². The molecule has 7 heteroatoms. The van der Waals surface area contributed by atoms with Gasteiger partial charge in [-0.05, 0) is 36.8 Å². The molecule has 1 amide bonds. The summed E-state index contributed by atoms with van der Waals surface area (Å²) in [6.45, 7) is 1.43. The van der Waals surface area contributed by atoms with Gasteiger partial charge in [0.2, 0.25) is 0 Å². The molecule has 0 unspecified atom stereocenters. The quantitative estimate of drug-likeness (QED) is 0.714. The third-order valence-electron chi connectivity index (χ3n) is 3.26. The average Bonchev–Trinajstić information content (AvgIpc) is 2.59. The monoisotopic (exact) mass is 349 g/mol. The van der Waals surface area contributed by atoms with E-state index in [1.807, 2.05) is 6.07 Å². The smallest absolute Gasteiger partial charge is 0.274 e. The number of anilines is 2. The van der Waals surface area contributed by atoms with Gasteiger partial charge in [-0.3, -0.25) is 9.78 Å². The molecule has 128 valence electrons. The summed E-state index contributed by atoms with van der Waals surface area (Å²) in [7, 11) is 3.20. The number of rotatable bonds is 8. The number of hydrogen-bond acceptors (Lipinski definition) is 5. The highest BCUT2D eigenvalue weighted by atomic mass is 35.5. The molecule has 0 saturated heterocycles. The minimum atomic E-state index is -0.337. The summed E-state index contributed by atoms with van der Waals surface area (Å²) in [5.41, 5.74) is 1.62. The molecule has 0 bridgehead atoms. The van der Waals surface area contributed by atoms with E-state index in [0.717, 1.165) is 18.7 Å². The van der Waals surface area contributed by atoms with E-state index in [1.54, 1.807) is 37.6 Å². The van der Waals surface area contributed by atoms with Gasteiger partial charge in [0.1, 0.15) is 11.4 Å². The SMILES string of the molecule is COCCCNc1ccnc(C(=O)Nc2cc(Cl)ccc2OC)c1. The standard InChI is InChI=1S/C17H20ClN3O3/c1-23-9-3-7-19-13-6-8-20-15(11-13)17(22)21-14-10-12(18)4-5-16(14)24-2/h4-6,8,10-11H,3,7,9H2,1-2H3,(H,19,20)(H,21,22). The first-order chi connectivity index (χ1) is 11.6. The highest BCUT2D eigenvalue weighted by Crippen LogP contribution is 2.28. The number of benzene rings is 1. The van der Waals surface area contributed by atoms with Crippen LogP contribution >= 0.6 is 11.6 Å². The molecule has 0 aliphatic rings. The summed E-state index contributed by atoms with van der Waals surface area (Å²) >= 11 is 5.97. The molecule has 2 N–H and O–H groups in total. The Morgan fingerprint density at radius 2 is 2.08 bits per heavy atom. The maximum Gasteiger partial charge on any atom is 0.274 e. The Kier molecular flexibility index (Phi) is 6.84. The van der Waals surface area contributed by atoms with Gasteiger partial charge in [-0.15, -0.1) is 0 Å². The summed E-state index contributed by atoms with van der Waals surface area (Å²) in [4.78, 5) is 16.5. The Labute approximate surface area is 146 Å². The zero-order chi connectivity index (χ0) is 17.4. The Morgan fingerprint density at radius 3 is 2.83 bits per heavy atom. The number of halogens is 1. The molecule has 2 rings (SSSR count). The van der Waals surface area contributed by atoms with Gasteiger partial charge in [-0.25, -0.2) is 0 Å². The lowest BCUT2D eigenvalue weighted by Crippen LogP contribution is -2.15. The summed E-state index contributed by atoms with van der Waals surface area (Å²) in [6, 6.07) is 8.52. The average molecular weight is 350 g/mol. The first-order valence-electron chi connectivity index (χ1n) is 7.48. The molecule has 1 aromatic carbocycles. The summed E-state index contributed by atoms with van der Waals surface area (Å²) < 4.78 is 10.2. The van der Waals surface area contributed by atoms with Crippen LogP contribution in [0, 0.1) is 0 Å². The third-order valence-corrected chi connectivity index (χ3v) is 3.49. The van der Waals surface area contributed by atoms with Crippen molar-refractivity contribution in [2.24, 2.45) is 0 Å². The molecule has 0 saturated carbocycles. The van der Waals surface area contributed by atoms with Gasteiger partial charge in [0.05, 0.1) is 12.8 Å². The number of hydrogen-bond donors (Lipinski definition) is 2. The maximum atomic E-state index is 12.4. The van der Waals surface area contributed by atoms with Crippen molar-refractivity contribution in [3.05, 3.63) is 47.2 Å². The second kappa shape index (κ2) is 9.10. The van der Waals surface area contributed by atoms with Crippen LogP contribution in [0.15, 0.2) is 36.5 Å². The molecule has 1 heterocycles. The number of nitrogens with zero attached hydrogens (tertiary/aromatic N) is 1. The molecular formula is C17H20ClN3O3. The number of ether oxygens (including phenoxy) is 2. The van der Waals surface area contributed by atoms with E-state index in [-0.39, 0.29) is 5.91 Å². The Morgan fingerprint density at radius 1 is 1.25 bits per heavy atom. The molecule has 2 aromatic rings. The number of methoxy groups -OCH3 is 2. The minimum absolute atomic E-state index is 0.300. The number of carbonyl (C=O) groups excluding carboxylic acids is 1. The Bertz CT molecular complexity index is 695. The number of aromatic nitrogens is 1. The number of nitrogens with one attached hydrogen (secondary N) is 2. The lowest BCUT2D eigenvalue weighted by molar-refractivity contribution is 0.102. The molecule has 24 heavy (non-hydrogen) atoms. The predicted octanol–water partition coefficient (Wildman–Crippen LogP) is 3.44. The summed E-state index contributed by atoms with van der Waals surface area (Å²) in [6.07, 6.45) is 2.46. The van der Waals surface area contributed by atoms with Crippen LogP contribution in [0.25, 0.3) is 0 Å². The zero-order valence-corrected chi connectivity index (χ0v) is 14.4. The van der Waals surface area contributed by atoms with Crippen molar-refractivity contribution in [1.29, 1.82) is 0 Å². The first kappa shape index (κ1) is 18.0.